The molecule has 15 nitrogen and oxygen atoms in total. The molecule has 7 N–H and O–H groups in total. The summed E-state index contributed by atoms with van der Waals surface area (Å²) >= 11 is 1.10. The van der Waals surface area contributed by atoms with E-state index in [2.05, 4.69) is 13.8 Å². The van der Waals surface area contributed by atoms with Crippen LogP contribution < -0.4 is 16.3 Å². The normalized spacial score (nSPS) is 25.0. The Morgan fingerprint density at radius 3 is 2.63 bits per heavy atom. The molecule has 19 heteroatoms. The highest BCUT2D eigenvalue weighted by Crippen LogP contribution is 2.61. The van der Waals surface area contributed by atoms with Gasteiger partial charge in [0.2, 0.25) is 0 Å². The van der Waals surface area contributed by atoms with Crippen molar-refractivity contribution in [2.75, 3.05) is 18.1 Å². The van der Waals surface area contributed by atoms with Crippen LogP contribution in [-0.2, 0) is 27.3 Å². The Labute approximate surface area is 155 Å². The smallest absolute Gasteiger partial charge is 0.383 e. The Morgan fingerprint density at radius 1 is 1.37 bits per heavy atom. The fraction of sp³-hybridized carbons (Fsp3) is 0.500. The summed E-state index contributed by atoms with van der Waals surface area (Å²) in [5.41, 5.74) is 3.86. The number of phosphoric ester groups is 1. The van der Waals surface area contributed by atoms with Crippen LogP contribution >= 0.6 is 35.1 Å². The van der Waals surface area contributed by atoms with Gasteiger partial charge in [-0.1, -0.05) is 0 Å². The average Bonchev–Trinajstić information content (AvgIpc) is 2.90. The lowest BCUT2D eigenvalue weighted by Crippen LogP contribution is -2.28. The zero-order valence-corrected chi connectivity index (χ0v) is 16.6. The molecule has 0 bridgehead atoms. The number of ether oxygens (including phenoxy) is 1. The minimum atomic E-state index is -5.33. The summed E-state index contributed by atoms with van der Waals surface area (Å²) in [6.45, 7) is -0.595. The number of nitrogens with two attached hydrogens (primary N) is 1. The standard InChI is InChI=1S/C8H15N4O11P3S/c9-5-1-2-12(8(13)10-5)6-4-27-7(22-6)3-21-26(19,20)23-25(17,18)11-24(14,15)16/h1-2,6-7H,3-4H2,(H,19,20)(H2,9,10,13)(H4,11,14,15,16,17,18)/t6-,7+/m0/s1. The number of anilines is 1. The van der Waals surface area contributed by atoms with Crippen molar-refractivity contribution in [1.82, 2.24) is 14.4 Å². The third kappa shape index (κ3) is 7.38. The first-order valence-corrected chi connectivity index (χ1v) is 12.5. The van der Waals surface area contributed by atoms with Gasteiger partial charge < -0.3 is 30.0 Å². The first-order valence-electron chi connectivity index (χ1n) is 6.75. The molecule has 2 heterocycles. The number of nitrogens with one attached hydrogen (secondary N) is 1. The average molecular weight is 468 g/mol. The predicted octanol–water partition coefficient (Wildman–Crippen LogP) is -0.670. The molecule has 0 aromatic carbocycles. The van der Waals surface area contributed by atoms with Gasteiger partial charge in [-0.05, 0) is 6.07 Å². The first kappa shape index (κ1) is 22.7. The number of nitrogen functional groups attached to an aromatic ring is 1. The molecule has 1 aliphatic heterocycles. The van der Waals surface area contributed by atoms with E-state index in [4.69, 9.17) is 25.2 Å². The van der Waals surface area contributed by atoms with E-state index in [1.165, 1.54) is 12.3 Å². The Balaban J connectivity index is 1.91. The highest BCUT2D eigenvalue weighted by atomic mass is 32.2. The fourth-order valence-corrected chi connectivity index (χ4v) is 6.34. The molecule has 0 amide bonds. The largest absolute Gasteiger partial charge is 0.480 e. The van der Waals surface area contributed by atoms with Gasteiger partial charge in [0.1, 0.15) is 17.5 Å². The summed E-state index contributed by atoms with van der Waals surface area (Å²) in [4.78, 5) is 51.8. The monoisotopic (exact) mass is 468 g/mol. The van der Waals surface area contributed by atoms with Gasteiger partial charge in [0.05, 0.1) is 6.61 Å². The minimum Gasteiger partial charge on any atom is -0.383 e. The molecular formula is C8H15N4O11P3S. The molecule has 0 saturated carbocycles. The molecule has 2 rings (SSSR count). The van der Waals surface area contributed by atoms with Crippen LogP contribution in [0.15, 0.2) is 17.1 Å². The molecule has 27 heavy (non-hydrogen) atoms. The van der Waals surface area contributed by atoms with Crippen LogP contribution in [0.5, 0.6) is 0 Å². The van der Waals surface area contributed by atoms with E-state index >= 15 is 0 Å². The van der Waals surface area contributed by atoms with Crippen molar-refractivity contribution in [2.24, 2.45) is 0 Å². The lowest BCUT2D eigenvalue weighted by molar-refractivity contribution is -0.00619. The molecule has 1 saturated heterocycles. The van der Waals surface area contributed by atoms with Crippen LogP contribution in [0.25, 0.3) is 0 Å². The number of phosphoric acid groups is 1. The third-order valence-electron chi connectivity index (χ3n) is 2.74. The molecule has 0 aliphatic carbocycles. The minimum absolute atomic E-state index is 0.0255. The SMILES string of the molecule is Nc1ccn([C@@H]2CS[C@H](COP(=O)(O)OP(=O)(O)NP(=O)(O)O)O2)c(=O)n1. The van der Waals surface area contributed by atoms with Crippen LogP contribution in [0.1, 0.15) is 6.23 Å². The quantitative estimate of drug-likeness (QED) is 0.260. The van der Waals surface area contributed by atoms with E-state index in [0.29, 0.717) is 0 Å². The lowest BCUT2D eigenvalue weighted by Gasteiger charge is -2.19. The maximum absolute atomic E-state index is 11.7. The van der Waals surface area contributed by atoms with Crippen LogP contribution in [0, 0.1) is 0 Å². The summed E-state index contributed by atoms with van der Waals surface area (Å²) in [6, 6.07) is 1.38. The second-order valence-electron chi connectivity index (χ2n) is 4.91. The Kier molecular flexibility index (Phi) is 7.07. The zero-order valence-electron chi connectivity index (χ0n) is 13.1. The molecular weight excluding hydrogens is 453 g/mol. The van der Waals surface area contributed by atoms with E-state index in [1.54, 1.807) is 0 Å². The van der Waals surface area contributed by atoms with Crippen LogP contribution in [0.2, 0.25) is 0 Å². The van der Waals surface area contributed by atoms with Gasteiger partial charge in [-0.25, -0.2) is 18.5 Å². The molecule has 1 aliphatic rings. The summed E-state index contributed by atoms with van der Waals surface area (Å²) in [7, 11) is -15.7. The molecule has 4 atom stereocenters. The zero-order chi connectivity index (χ0) is 20.5. The van der Waals surface area contributed by atoms with Crippen molar-refractivity contribution in [3.63, 3.8) is 0 Å². The van der Waals surface area contributed by atoms with E-state index in [1.807, 2.05) is 0 Å². The summed E-state index contributed by atoms with van der Waals surface area (Å²) in [5, 5.41) is 0. The van der Waals surface area contributed by atoms with Crippen molar-refractivity contribution >= 4 is 40.9 Å². The maximum atomic E-state index is 11.7. The van der Waals surface area contributed by atoms with Gasteiger partial charge in [0, 0.05) is 11.9 Å². The summed E-state index contributed by atoms with van der Waals surface area (Å²) < 4.78 is 48.6. The molecule has 0 radical (unpaired) electrons. The lowest BCUT2D eigenvalue weighted by atomic mass is 10.5. The van der Waals surface area contributed by atoms with E-state index in [0.717, 1.165) is 21.2 Å². The van der Waals surface area contributed by atoms with Crippen LogP contribution in [-0.4, -0.2) is 46.9 Å². The van der Waals surface area contributed by atoms with Gasteiger partial charge in [0.25, 0.3) is 0 Å². The summed E-state index contributed by atoms with van der Waals surface area (Å²) in [5.74, 6) is 0.284. The number of hydrogen-bond acceptors (Lipinski definition) is 10. The van der Waals surface area contributed by atoms with Gasteiger partial charge in [-0.15, -0.1) is 16.6 Å². The topological polar surface area (TPSA) is 233 Å². The predicted molar refractivity (Wildman–Crippen MR) is 91.1 cm³/mol. The van der Waals surface area contributed by atoms with Gasteiger partial charge in [-0.3, -0.25) is 9.09 Å². The number of nitrogens with zero attached hydrogens (tertiary/aromatic N) is 2. The first-order chi connectivity index (χ1) is 12.3. The van der Waals surface area contributed by atoms with Crippen molar-refractivity contribution in [3.8, 4) is 0 Å². The second-order valence-corrected chi connectivity index (χ2v) is 10.9. The van der Waals surface area contributed by atoms with Crippen LogP contribution in [0.4, 0.5) is 5.82 Å². The number of aromatic nitrogens is 2. The van der Waals surface area contributed by atoms with E-state index in [9.17, 15) is 23.4 Å². The molecule has 0 spiro atoms. The third-order valence-corrected chi connectivity index (χ3v) is 8.08. The van der Waals surface area contributed by atoms with Crippen molar-refractivity contribution < 1.29 is 46.8 Å². The number of thioether (sulfide) groups is 1. The Morgan fingerprint density at radius 2 is 2.04 bits per heavy atom. The van der Waals surface area contributed by atoms with Gasteiger partial charge in [0.15, 0.2) is 0 Å². The Bertz CT molecular complexity index is 889. The highest BCUT2D eigenvalue weighted by Gasteiger charge is 2.39. The van der Waals surface area contributed by atoms with Gasteiger partial charge in [-0.2, -0.15) is 9.29 Å². The molecule has 1 fully saturated rings. The van der Waals surface area contributed by atoms with Crippen LogP contribution in [0.3, 0.4) is 0 Å². The fourth-order valence-electron chi connectivity index (χ4n) is 1.82. The summed E-state index contributed by atoms with van der Waals surface area (Å²) in [6.07, 6.45) is 0.595. The maximum Gasteiger partial charge on any atom is 0.480 e. The van der Waals surface area contributed by atoms with E-state index in [-0.39, 0.29) is 11.6 Å². The second kappa shape index (κ2) is 8.41. The van der Waals surface area contributed by atoms with E-state index < -0.39 is 47.3 Å². The van der Waals surface area contributed by atoms with Gasteiger partial charge >= 0.3 is 29.0 Å². The number of rotatable bonds is 8. The Hall–Kier alpha value is -0.600. The molecule has 1 aromatic heterocycles. The van der Waals surface area contributed by atoms with Crippen molar-refractivity contribution in [1.29, 1.82) is 0 Å². The van der Waals surface area contributed by atoms with Crippen molar-refractivity contribution in [3.05, 3.63) is 22.7 Å². The number of hydrogen-bond donors (Lipinski definition) is 6. The molecule has 2 unspecified atom stereocenters. The van der Waals surface area contributed by atoms with Crippen molar-refractivity contribution in [2.45, 2.75) is 11.7 Å². The molecule has 1 aromatic rings. The molecule has 154 valence electrons. The highest BCUT2D eigenvalue weighted by molar-refractivity contribution is 8.00.